The average molecular weight is 260 g/mol. The van der Waals surface area contributed by atoms with Crippen molar-refractivity contribution in [2.75, 3.05) is 33.2 Å². The van der Waals surface area contributed by atoms with Gasteiger partial charge in [0.1, 0.15) is 0 Å². The van der Waals surface area contributed by atoms with E-state index in [1.165, 1.54) is 37.7 Å². The van der Waals surface area contributed by atoms with Gasteiger partial charge in [-0.2, -0.15) is 0 Å². The van der Waals surface area contributed by atoms with Crippen LogP contribution < -0.4 is 5.32 Å². The van der Waals surface area contributed by atoms with Crippen LogP contribution in [0.25, 0.3) is 0 Å². The Labute approximate surface area is 118 Å². The summed E-state index contributed by atoms with van der Waals surface area (Å²) in [6, 6.07) is 7.15. The van der Waals surface area contributed by atoms with Crippen molar-refractivity contribution < 1.29 is 0 Å². The van der Waals surface area contributed by atoms with Gasteiger partial charge in [0, 0.05) is 19.6 Å². The molecule has 0 saturated carbocycles. The second-order valence-corrected chi connectivity index (χ2v) is 5.72. The molecule has 1 aliphatic rings. The lowest BCUT2D eigenvalue weighted by Gasteiger charge is -2.19. The van der Waals surface area contributed by atoms with Crippen molar-refractivity contribution in [1.29, 1.82) is 0 Å². The first-order valence-electron chi connectivity index (χ1n) is 7.79. The van der Waals surface area contributed by atoms with Gasteiger partial charge in [-0.25, -0.2) is 0 Å². The highest BCUT2D eigenvalue weighted by Crippen LogP contribution is 2.22. The maximum Gasteiger partial charge on any atom is 0.0104 e. The molecule has 0 bridgehead atoms. The largest absolute Gasteiger partial charge is 0.316 e. The molecule has 2 heteroatoms. The van der Waals surface area contributed by atoms with Gasteiger partial charge in [0.25, 0.3) is 0 Å². The molecule has 0 amide bonds. The topological polar surface area (TPSA) is 15.3 Å². The minimum absolute atomic E-state index is 1.07. The van der Waals surface area contributed by atoms with Crippen LogP contribution in [0.1, 0.15) is 36.5 Å². The monoisotopic (exact) mass is 260 g/mol. The molecule has 19 heavy (non-hydrogen) atoms. The molecule has 0 unspecified atom stereocenters. The number of rotatable bonds is 7. The molecule has 0 radical (unpaired) electrons. The summed E-state index contributed by atoms with van der Waals surface area (Å²) in [5.74, 6) is 0. The average Bonchev–Trinajstić information content (AvgIpc) is 2.45. The molecule has 1 aromatic carbocycles. The van der Waals surface area contributed by atoms with Gasteiger partial charge in [0.05, 0.1) is 0 Å². The van der Waals surface area contributed by atoms with Crippen LogP contribution in [0.4, 0.5) is 0 Å². The van der Waals surface area contributed by atoms with E-state index in [9.17, 15) is 0 Å². The van der Waals surface area contributed by atoms with E-state index in [-0.39, 0.29) is 0 Å². The Morgan fingerprint density at radius 2 is 1.89 bits per heavy atom. The van der Waals surface area contributed by atoms with Gasteiger partial charge in [0.15, 0.2) is 0 Å². The van der Waals surface area contributed by atoms with Crippen molar-refractivity contribution in [3.63, 3.8) is 0 Å². The van der Waals surface area contributed by atoms with Crippen molar-refractivity contribution >= 4 is 0 Å². The summed E-state index contributed by atoms with van der Waals surface area (Å²) in [5, 5.41) is 3.38. The summed E-state index contributed by atoms with van der Waals surface area (Å²) >= 11 is 0. The Morgan fingerprint density at radius 3 is 2.68 bits per heavy atom. The van der Waals surface area contributed by atoms with Crippen LogP contribution >= 0.6 is 0 Å². The molecular weight excluding hydrogens is 232 g/mol. The van der Waals surface area contributed by atoms with Crippen molar-refractivity contribution in [2.24, 2.45) is 0 Å². The normalized spacial score (nSPS) is 14.7. The fraction of sp³-hybridized carbons (Fsp3) is 0.647. The first-order chi connectivity index (χ1) is 9.29. The van der Waals surface area contributed by atoms with Gasteiger partial charge < -0.3 is 10.2 Å². The highest BCUT2D eigenvalue weighted by atomic mass is 15.1. The number of nitrogens with zero attached hydrogens (tertiary/aromatic N) is 1. The molecule has 1 N–H and O–H groups in total. The van der Waals surface area contributed by atoms with Gasteiger partial charge >= 0.3 is 0 Å². The zero-order valence-electron chi connectivity index (χ0n) is 12.5. The molecule has 0 heterocycles. The minimum Gasteiger partial charge on any atom is -0.316 e. The number of nitrogens with one attached hydrogen (secondary N) is 1. The smallest absolute Gasteiger partial charge is 0.0104 e. The Balaban J connectivity index is 1.79. The standard InChI is InChI=1S/C17H28N2/c1-3-18-11-13-19(2)12-10-15-8-9-16-6-4-5-7-17(16)14-15/h8-9,14,18H,3-7,10-13H2,1-2H3. The zero-order chi connectivity index (χ0) is 13.5. The van der Waals surface area contributed by atoms with Crippen LogP contribution in [0.2, 0.25) is 0 Å². The van der Waals surface area contributed by atoms with Crippen LogP contribution in [0.3, 0.4) is 0 Å². The lowest BCUT2D eigenvalue weighted by Crippen LogP contribution is -2.30. The predicted octanol–water partition coefficient (Wildman–Crippen LogP) is 2.65. The number of hydrogen-bond donors (Lipinski definition) is 1. The van der Waals surface area contributed by atoms with Crippen molar-refractivity contribution in [1.82, 2.24) is 10.2 Å². The third-order valence-corrected chi connectivity index (χ3v) is 4.12. The lowest BCUT2D eigenvalue weighted by molar-refractivity contribution is 0.337. The fourth-order valence-electron chi connectivity index (χ4n) is 2.82. The summed E-state index contributed by atoms with van der Waals surface area (Å²) < 4.78 is 0. The van der Waals surface area contributed by atoms with Gasteiger partial charge in [-0.3, -0.25) is 0 Å². The summed E-state index contributed by atoms with van der Waals surface area (Å²) in [6.07, 6.45) is 6.51. The molecule has 0 fully saturated rings. The molecule has 2 nitrogen and oxygen atoms in total. The number of hydrogen-bond acceptors (Lipinski definition) is 2. The molecule has 2 rings (SSSR count). The molecule has 0 saturated heterocycles. The summed E-state index contributed by atoms with van der Waals surface area (Å²) in [7, 11) is 2.22. The maximum atomic E-state index is 3.38. The Bertz CT molecular complexity index is 387. The number of likely N-dealkylation sites (N-methyl/N-ethyl adjacent to an activating group) is 2. The molecule has 0 aromatic heterocycles. The quantitative estimate of drug-likeness (QED) is 0.758. The summed E-state index contributed by atoms with van der Waals surface area (Å²) in [6.45, 7) is 6.62. The van der Waals surface area contributed by atoms with E-state index in [4.69, 9.17) is 0 Å². The highest BCUT2D eigenvalue weighted by Gasteiger charge is 2.09. The molecule has 1 aliphatic carbocycles. The predicted molar refractivity (Wildman–Crippen MR) is 82.8 cm³/mol. The van der Waals surface area contributed by atoms with E-state index in [0.29, 0.717) is 0 Å². The number of aryl methyl sites for hydroxylation is 2. The Kier molecular flexibility index (Phi) is 5.87. The first kappa shape index (κ1) is 14.5. The Hall–Kier alpha value is -0.860. The van der Waals surface area contributed by atoms with E-state index in [0.717, 1.165) is 26.2 Å². The van der Waals surface area contributed by atoms with Crippen LogP contribution in [-0.4, -0.2) is 38.1 Å². The third-order valence-electron chi connectivity index (χ3n) is 4.12. The highest BCUT2D eigenvalue weighted by molar-refractivity contribution is 5.33. The van der Waals surface area contributed by atoms with Gasteiger partial charge in [0.2, 0.25) is 0 Å². The van der Waals surface area contributed by atoms with Crippen LogP contribution in [-0.2, 0) is 19.3 Å². The molecule has 1 aromatic rings. The van der Waals surface area contributed by atoms with Crippen LogP contribution in [0, 0.1) is 0 Å². The fourth-order valence-corrected chi connectivity index (χ4v) is 2.82. The van der Waals surface area contributed by atoms with E-state index in [1.54, 1.807) is 11.1 Å². The second-order valence-electron chi connectivity index (χ2n) is 5.72. The van der Waals surface area contributed by atoms with Gasteiger partial charge in [-0.05, 0) is 62.4 Å². The SMILES string of the molecule is CCNCCN(C)CCc1ccc2c(c1)CCCC2. The van der Waals surface area contributed by atoms with E-state index in [2.05, 4.69) is 42.4 Å². The van der Waals surface area contributed by atoms with Gasteiger partial charge in [-0.15, -0.1) is 0 Å². The van der Waals surface area contributed by atoms with Crippen LogP contribution in [0.5, 0.6) is 0 Å². The number of fused-ring (bicyclic) bond motifs is 1. The van der Waals surface area contributed by atoms with Crippen molar-refractivity contribution in [2.45, 2.75) is 39.0 Å². The molecular formula is C17H28N2. The Morgan fingerprint density at radius 1 is 1.11 bits per heavy atom. The van der Waals surface area contributed by atoms with Gasteiger partial charge in [-0.1, -0.05) is 25.1 Å². The lowest BCUT2D eigenvalue weighted by atomic mass is 9.90. The van der Waals surface area contributed by atoms with Crippen LogP contribution in [0.15, 0.2) is 18.2 Å². The van der Waals surface area contributed by atoms with E-state index < -0.39 is 0 Å². The molecule has 0 spiro atoms. The zero-order valence-corrected chi connectivity index (χ0v) is 12.5. The second kappa shape index (κ2) is 7.66. The van der Waals surface area contributed by atoms with Crippen molar-refractivity contribution in [3.05, 3.63) is 34.9 Å². The first-order valence-corrected chi connectivity index (χ1v) is 7.79. The van der Waals surface area contributed by atoms with E-state index >= 15 is 0 Å². The van der Waals surface area contributed by atoms with Crippen molar-refractivity contribution in [3.8, 4) is 0 Å². The summed E-state index contributed by atoms with van der Waals surface area (Å²) in [5.41, 5.74) is 4.71. The van der Waals surface area contributed by atoms with E-state index in [1.807, 2.05) is 0 Å². The third kappa shape index (κ3) is 4.63. The molecule has 0 aliphatic heterocycles. The molecule has 0 atom stereocenters. The maximum absolute atomic E-state index is 3.38. The minimum atomic E-state index is 1.07. The molecule has 106 valence electrons. The summed E-state index contributed by atoms with van der Waals surface area (Å²) in [4.78, 5) is 2.42. The number of benzene rings is 1.